The van der Waals surface area contributed by atoms with Crippen molar-refractivity contribution in [2.45, 2.75) is 198 Å². The van der Waals surface area contributed by atoms with Crippen molar-refractivity contribution < 1.29 is 104 Å². The molecule has 0 saturated heterocycles. The van der Waals surface area contributed by atoms with Gasteiger partial charge in [0.25, 0.3) is 0 Å². The van der Waals surface area contributed by atoms with Gasteiger partial charge in [0.1, 0.15) is 127 Å². The number of alkyl halides is 7. The molecular formula is C103H146F8N6O14. The van der Waals surface area contributed by atoms with E-state index >= 15 is 0 Å². The lowest BCUT2D eigenvalue weighted by molar-refractivity contribution is 0.126. The molecule has 0 spiro atoms. The summed E-state index contributed by atoms with van der Waals surface area (Å²) in [6.45, 7) is 25.3. The normalized spacial score (nSPS) is 11.3. The minimum absolute atomic E-state index is 0.00561. The van der Waals surface area contributed by atoms with Gasteiger partial charge in [-0.15, -0.1) is 0 Å². The number of hydrogen-bond donors (Lipinski definition) is 11. The maximum atomic E-state index is 12.9. The molecule has 0 bridgehead atoms. The van der Waals surface area contributed by atoms with Crippen LogP contribution in [0.5, 0.6) is 63.2 Å². The van der Waals surface area contributed by atoms with Gasteiger partial charge in [0.15, 0.2) is 23.0 Å². The SMILES string of the molecule is C=C(N)CCCc1ccc(OCCF)cc1.CC(=N)CCCc1ccc(CCCF)cc1.CC(=N)CCCc1ccc(OCCF)c(C)c1.CC(C)C(O)c1cc(O)c(OCCF)c(O)c1.CC(C)[C@H](O)c1cc(O)cc(OCCF)c1.CC(N)=NCCOc1ccc(OCCF)cc1.COc1cc(CCCC(C)=N)cc(C)c1OCCF.Cc1cc(C(O)C(C)C)ccc1F. The first kappa shape index (κ1) is 118. The van der Waals surface area contributed by atoms with Crippen LogP contribution in [0.4, 0.5) is 35.1 Å². The van der Waals surface area contributed by atoms with Crippen LogP contribution in [0.25, 0.3) is 0 Å². The molecule has 20 nitrogen and oxygen atoms in total. The second kappa shape index (κ2) is 69.8. The number of aliphatic hydroxyl groups excluding tert-OH is 3. The summed E-state index contributed by atoms with van der Waals surface area (Å²) >= 11 is 0. The molecule has 0 radical (unpaired) electrons. The van der Waals surface area contributed by atoms with Crippen molar-refractivity contribution in [1.82, 2.24) is 0 Å². The van der Waals surface area contributed by atoms with Crippen LogP contribution < -0.4 is 49.4 Å². The van der Waals surface area contributed by atoms with Crippen LogP contribution in [-0.4, -0.2) is 160 Å². The highest BCUT2D eigenvalue weighted by Gasteiger charge is 2.20. The van der Waals surface area contributed by atoms with Gasteiger partial charge < -0.3 is 96.2 Å². The Bertz CT molecular complexity index is 4410. The molecule has 0 aromatic heterocycles. The summed E-state index contributed by atoms with van der Waals surface area (Å²) in [5.41, 5.74) is 24.3. The maximum Gasteiger partial charge on any atom is 0.203 e. The zero-order chi connectivity index (χ0) is 98.2. The number of allylic oxidation sites excluding steroid dienone is 1. The molecule has 28 heteroatoms. The number of ether oxygens (including phenoxy) is 8. The number of phenols is 3. The number of nitrogens with zero attached hydrogens (tertiary/aromatic N) is 1. The minimum atomic E-state index is -0.790. The number of aromatic hydroxyl groups is 3. The van der Waals surface area contributed by atoms with E-state index in [2.05, 4.69) is 41.9 Å². The zero-order valence-corrected chi connectivity index (χ0v) is 79.2. The number of amidine groups is 1. The number of halogens is 8. The third-order valence-electron chi connectivity index (χ3n) is 19.0. The molecule has 0 aliphatic rings. The van der Waals surface area contributed by atoms with E-state index in [-0.39, 0.29) is 92.9 Å². The molecule has 0 aliphatic carbocycles. The van der Waals surface area contributed by atoms with Gasteiger partial charge in [-0.2, -0.15) is 0 Å². The molecule has 131 heavy (non-hydrogen) atoms. The van der Waals surface area contributed by atoms with Crippen LogP contribution >= 0.6 is 0 Å². The van der Waals surface area contributed by atoms with Crippen LogP contribution in [0.2, 0.25) is 0 Å². The molecule has 0 amide bonds. The third kappa shape index (κ3) is 53.7. The van der Waals surface area contributed by atoms with Crippen LogP contribution in [0.1, 0.15) is 207 Å². The first-order valence-corrected chi connectivity index (χ1v) is 44.3. The van der Waals surface area contributed by atoms with Crippen molar-refractivity contribution in [2.24, 2.45) is 34.2 Å². The number of aryl methyl sites for hydroxylation is 8. The second-order valence-electron chi connectivity index (χ2n) is 32.0. The Labute approximate surface area is 772 Å². The number of aliphatic hydroxyl groups is 3. The second-order valence-corrected chi connectivity index (χ2v) is 32.0. The first-order valence-electron chi connectivity index (χ1n) is 44.3. The Morgan fingerprint density at radius 3 is 1.17 bits per heavy atom. The van der Waals surface area contributed by atoms with Gasteiger partial charge in [-0.05, 0) is 296 Å². The lowest BCUT2D eigenvalue weighted by Gasteiger charge is -2.17. The first-order chi connectivity index (χ1) is 62.4. The molecule has 8 rings (SSSR count). The average Bonchev–Trinajstić information content (AvgIpc) is 0.829. The van der Waals surface area contributed by atoms with Gasteiger partial charge >= 0.3 is 0 Å². The summed E-state index contributed by atoms with van der Waals surface area (Å²) < 4.78 is 138. The van der Waals surface area contributed by atoms with Crippen LogP contribution in [0, 0.1) is 60.6 Å². The van der Waals surface area contributed by atoms with Crippen LogP contribution in [-0.2, 0) is 32.1 Å². The van der Waals surface area contributed by atoms with E-state index in [9.17, 15) is 65.8 Å². The van der Waals surface area contributed by atoms with E-state index in [0.29, 0.717) is 76.6 Å². The number of nitrogens with two attached hydrogens (primary N) is 2. The van der Waals surface area contributed by atoms with Crippen molar-refractivity contribution in [1.29, 1.82) is 16.2 Å². The number of nitrogens with one attached hydrogen (secondary N) is 3. The molecular weight excluding hydrogens is 1700 g/mol. The molecule has 0 heterocycles. The minimum Gasteiger partial charge on any atom is -0.508 e. The summed E-state index contributed by atoms with van der Waals surface area (Å²) in [6.07, 6.45) is 10.7. The molecule has 8 aromatic rings. The standard InChI is InChI=1S/C15H22FNO2.C14H20FNO.C14H20FN.C13H18FNO.C12H17FN2O2.C12H17FO4.C12H17FO3.C11H15FO/c1-11-9-13(6-4-5-12(2)17)10-14(18-3)15(11)19-8-7-16;1-11-10-13(5-3-4-12(2)16)6-7-14(11)17-9-8-15;1-12(16)4-2-5-13-7-9-14(10-8-13)6-3-11-15;1-11(15)3-2-4-12-5-7-13(8-6-12)16-10-9-14;1-10(14)15-7-9-17-12-4-2-11(3-5-12)16-8-6-13;1-7(2)11(16)8-5-9(14)12(10(15)6-8)17-4-3-13;1-8(2)12(15)9-5-10(14)7-11(6-9)16-4-3-13;1-7(2)11(13)9-4-5-10(12)8(3)6-9/h9-10,17H,4-8H2,1-3H3;6-7,10,16H,3-5,8-9H2,1-2H3;7-10,16H,2-6,11H2,1H3;5-8H,1-4,9-10,15H2;2-5H,6-9H2,1H3,(H2,14,15);5-7,11,14-16H,3-4H2,1-2H3;5-8,12,14-15H,3-4H2,1-2H3;4-7,11,13H,1-3H3/t;;;;;;12-;/m......0./s1. The number of methoxy groups -OCH3 is 1. The summed E-state index contributed by atoms with van der Waals surface area (Å²) in [5.74, 6) is 4.15. The Kier molecular flexibility index (Phi) is 62.8. The fourth-order valence-corrected chi connectivity index (χ4v) is 12.1. The van der Waals surface area contributed by atoms with Crippen molar-refractivity contribution in [3.8, 4) is 63.2 Å². The van der Waals surface area contributed by atoms with Gasteiger partial charge in [-0.25, -0.2) is 30.7 Å². The highest BCUT2D eigenvalue weighted by Crippen LogP contribution is 2.40. The smallest absolute Gasteiger partial charge is 0.203 e. The van der Waals surface area contributed by atoms with Crippen molar-refractivity contribution in [3.05, 3.63) is 231 Å². The number of hydrogen-bond acceptors (Lipinski definition) is 19. The van der Waals surface area contributed by atoms with E-state index in [0.717, 1.165) is 134 Å². The Balaban J connectivity index is 0.000000750. The summed E-state index contributed by atoms with van der Waals surface area (Å²) in [6, 6.07) is 44.9. The van der Waals surface area contributed by atoms with E-state index < -0.39 is 58.4 Å². The quantitative estimate of drug-likeness (QED) is 0.00730. The lowest BCUT2D eigenvalue weighted by Crippen LogP contribution is -2.09. The highest BCUT2D eigenvalue weighted by atomic mass is 19.2. The molecule has 13 N–H and O–H groups in total. The largest absolute Gasteiger partial charge is 0.508 e. The number of benzene rings is 8. The fraction of sp³-hybridized carbons (Fsp3) is 0.476. The topological polar surface area (TPSA) is 331 Å². The Morgan fingerprint density at radius 1 is 0.374 bits per heavy atom. The molecule has 0 fully saturated rings. The predicted octanol–water partition coefficient (Wildman–Crippen LogP) is 23.4. The van der Waals surface area contributed by atoms with Crippen LogP contribution in [0.3, 0.4) is 0 Å². The number of aliphatic imine (C=N–C) groups is 1. The predicted molar refractivity (Wildman–Crippen MR) is 513 cm³/mol. The molecule has 2 unspecified atom stereocenters. The van der Waals surface area contributed by atoms with E-state index in [1.54, 1.807) is 63.4 Å². The van der Waals surface area contributed by atoms with Gasteiger partial charge in [-0.1, -0.05) is 115 Å². The van der Waals surface area contributed by atoms with Crippen molar-refractivity contribution in [2.75, 3.05) is 107 Å². The van der Waals surface area contributed by atoms with Gasteiger partial charge in [0.2, 0.25) is 5.75 Å². The number of rotatable bonds is 48. The van der Waals surface area contributed by atoms with E-state index in [1.807, 2.05) is 125 Å². The van der Waals surface area contributed by atoms with E-state index in [4.69, 9.17) is 65.6 Å². The molecule has 0 aliphatic heterocycles. The molecule has 3 atom stereocenters. The van der Waals surface area contributed by atoms with Gasteiger partial charge in [0, 0.05) is 28.9 Å². The molecule has 0 saturated carbocycles. The molecule has 8 aromatic carbocycles. The zero-order valence-electron chi connectivity index (χ0n) is 79.2. The number of phenolic OH excluding ortho intramolecular Hbond substituents is 3. The van der Waals surface area contributed by atoms with Gasteiger partial charge in [0.05, 0.1) is 44.5 Å². The summed E-state index contributed by atoms with van der Waals surface area (Å²) in [5, 5.41) is 80.1. The molecule has 728 valence electrons. The highest BCUT2D eigenvalue weighted by molar-refractivity contribution is 5.79. The Hall–Kier alpha value is -11.1. The third-order valence-corrected chi connectivity index (χ3v) is 19.0. The Morgan fingerprint density at radius 2 is 0.748 bits per heavy atom. The fourth-order valence-electron chi connectivity index (χ4n) is 12.1. The average molecular weight is 1840 g/mol. The summed E-state index contributed by atoms with van der Waals surface area (Å²) in [7, 11) is 1.59. The lowest BCUT2D eigenvalue weighted by atomic mass is 9.98. The van der Waals surface area contributed by atoms with Crippen molar-refractivity contribution in [3.63, 3.8) is 0 Å². The summed E-state index contributed by atoms with van der Waals surface area (Å²) in [4.78, 5) is 4.00. The van der Waals surface area contributed by atoms with E-state index in [1.165, 1.54) is 52.6 Å². The van der Waals surface area contributed by atoms with Gasteiger partial charge in [-0.3, -0.25) is 9.38 Å². The van der Waals surface area contributed by atoms with Crippen LogP contribution in [0.15, 0.2) is 169 Å². The maximum absolute atomic E-state index is 12.9. The van der Waals surface area contributed by atoms with Crippen molar-refractivity contribution >= 4 is 23.0 Å². The monoisotopic (exact) mass is 1840 g/mol.